The SMILES string of the molecule is Cc1c(CNC(=O)N2CCC[C@@H]2CO)cnn1C. The number of nitrogens with zero attached hydrogens (tertiary/aromatic N) is 3. The lowest BCUT2D eigenvalue weighted by molar-refractivity contribution is 0.157. The van der Waals surface area contributed by atoms with E-state index in [2.05, 4.69) is 10.4 Å². The first-order chi connectivity index (χ1) is 8.63. The molecule has 0 aromatic carbocycles. The average molecular weight is 252 g/mol. The van der Waals surface area contributed by atoms with Gasteiger partial charge in [0.1, 0.15) is 0 Å². The zero-order chi connectivity index (χ0) is 13.1. The summed E-state index contributed by atoms with van der Waals surface area (Å²) in [6.07, 6.45) is 3.61. The number of aliphatic hydroxyl groups is 1. The van der Waals surface area contributed by atoms with Crippen molar-refractivity contribution in [1.82, 2.24) is 20.0 Å². The van der Waals surface area contributed by atoms with Gasteiger partial charge in [0.2, 0.25) is 0 Å². The third-order valence-corrected chi connectivity index (χ3v) is 3.62. The number of hydrogen-bond acceptors (Lipinski definition) is 3. The minimum Gasteiger partial charge on any atom is -0.394 e. The first-order valence-corrected chi connectivity index (χ1v) is 6.26. The molecule has 0 spiro atoms. The van der Waals surface area contributed by atoms with Crippen molar-refractivity contribution in [2.45, 2.75) is 32.4 Å². The van der Waals surface area contributed by atoms with Crippen molar-refractivity contribution in [1.29, 1.82) is 0 Å². The van der Waals surface area contributed by atoms with Gasteiger partial charge in [-0.2, -0.15) is 5.10 Å². The minimum absolute atomic E-state index is 0.0278. The molecule has 1 aromatic rings. The van der Waals surface area contributed by atoms with Crippen molar-refractivity contribution in [3.8, 4) is 0 Å². The molecule has 100 valence electrons. The summed E-state index contributed by atoms with van der Waals surface area (Å²) in [5, 5.41) is 16.2. The lowest BCUT2D eigenvalue weighted by Gasteiger charge is -2.23. The van der Waals surface area contributed by atoms with E-state index >= 15 is 0 Å². The van der Waals surface area contributed by atoms with Gasteiger partial charge in [-0.3, -0.25) is 4.68 Å². The van der Waals surface area contributed by atoms with Crippen LogP contribution >= 0.6 is 0 Å². The molecule has 1 aliphatic heterocycles. The van der Waals surface area contributed by atoms with E-state index in [1.54, 1.807) is 15.8 Å². The van der Waals surface area contributed by atoms with Gasteiger partial charge >= 0.3 is 6.03 Å². The smallest absolute Gasteiger partial charge is 0.317 e. The van der Waals surface area contributed by atoms with Crippen LogP contribution in [0.5, 0.6) is 0 Å². The molecule has 1 aliphatic rings. The number of hydrogen-bond donors (Lipinski definition) is 2. The standard InChI is InChI=1S/C12H20N4O2/c1-9-10(7-14-15(9)2)6-13-12(18)16-5-3-4-11(16)8-17/h7,11,17H,3-6,8H2,1-2H3,(H,13,18)/t11-/m1/s1. The molecule has 0 radical (unpaired) electrons. The lowest BCUT2D eigenvalue weighted by Crippen LogP contribution is -2.43. The molecular formula is C12H20N4O2. The van der Waals surface area contributed by atoms with Crippen LogP contribution in [-0.4, -0.2) is 45.0 Å². The van der Waals surface area contributed by atoms with Gasteiger partial charge in [-0.05, 0) is 19.8 Å². The van der Waals surface area contributed by atoms with Crippen LogP contribution in [0.1, 0.15) is 24.1 Å². The van der Waals surface area contributed by atoms with Crippen LogP contribution in [0.4, 0.5) is 4.79 Å². The van der Waals surface area contributed by atoms with E-state index in [4.69, 9.17) is 0 Å². The second kappa shape index (κ2) is 5.39. The fraction of sp³-hybridized carbons (Fsp3) is 0.667. The molecule has 0 saturated carbocycles. The maximum atomic E-state index is 12.0. The highest BCUT2D eigenvalue weighted by molar-refractivity contribution is 5.74. The lowest BCUT2D eigenvalue weighted by atomic mass is 10.2. The summed E-state index contributed by atoms with van der Waals surface area (Å²) in [4.78, 5) is 13.7. The Labute approximate surface area is 107 Å². The number of nitrogens with one attached hydrogen (secondary N) is 1. The molecule has 6 heteroatoms. The van der Waals surface area contributed by atoms with Crippen molar-refractivity contribution in [2.24, 2.45) is 7.05 Å². The highest BCUT2D eigenvalue weighted by Crippen LogP contribution is 2.16. The zero-order valence-electron chi connectivity index (χ0n) is 10.9. The maximum absolute atomic E-state index is 12.0. The van der Waals surface area contributed by atoms with Crippen LogP contribution in [-0.2, 0) is 13.6 Å². The quantitative estimate of drug-likeness (QED) is 0.818. The number of aliphatic hydroxyl groups excluding tert-OH is 1. The first kappa shape index (κ1) is 12.9. The minimum atomic E-state index is -0.102. The number of likely N-dealkylation sites (tertiary alicyclic amines) is 1. The summed E-state index contributed by atoms with van der Waals surface area (Å²) in [5.74, 6) is 0. The molecule has 2 amide bonds. The average Bonchev–Trinajstić information content (AvgIpc) is 2.96. The summed E-state index contributed by atoms with van der Waals surface area (Å²) in [5.41, 5.74) is 2.07. The first-order valence-electron chi connectivity index (χ1n) is 6.26. The largest absolute Gasteiger partial charge is 0.394 e. The Kier molecular flexibility index (Phi) is 3.86. The summed E-state index contributed by atoms with van der Waals surface area (Å²) in [6.45, 7) is 3.22. The Balaban J connectivity index is 1.90. The Morgan fingerprint density at radius 2 is 2.44 bits per heavy atom. The molecule has 6 nitrogen and oxygen atoms in total. The molecule has 1 saturated heterocycles. The molecule has 2 heterocycles. The Hall–Kier alpha value is -1.56. The Bertz CT molecular complexity index is 430. The van der Waals surface area contributed by atoms with Gasteiger partial charge in [0.15, 0.2) is 0 Å². The third kappa shape index (κ3) is 2.48. The molecule has 18 heavy (non-hydrogen) atoms. The van der Waals surface area contributed by atoms with Gasteiger partial charge in [0.05, 0.1) is 18.8 Å². The summed E-state index contributed by atoms with van der Waals surface area (Å²) >= 11 is 0. The van der Waals surface area contributed by atoms with Crippen LogP contribution in [0.3, 0.4) is 0 Å². The molecule has 0 unspecified atom stereocenters. The number of aromatic nitrogens is 2. The molecule has 2 N–H and O–H groups in total. The monoisotopic (exact) mass is 252 g/mol. The predicted octanol–water partition coefficient (Wildman–Crippen LogP) is 0.395. The fourth-order valence-corrected chi connectivity index (χ4v) is 2.28. The summed E-state index contributed by atoms with van der Waals surface area (Å²) in [7, 11) is 1.88. The van der Waals surface area contributed by atoms with Crippen LogP contribution in [0.25, 0.3) is 0 Å². The van der Waals surface area contributed by atoms with E-state index in [9.17, 15) is 9.90 Å². The molecular weight excluding hydrogens is 232 g/mol. The predicted molar refractivity (Wildman–Crippen MR) is 67.0 cm³/mol. The maximum Gasteiger partial charge on any atom is 0.317 e. The molecule has 1 aromatic heterocycles. The molecule has 0 aliphatic carbocycles. The van der Waals surface area contributed by atoms with Crippen LogP contribution in [0.15, 0.2) is 6.20 Å². The topological polar surface area (TPSA) is 70.4 Å². The van der Waals surface area contributed by atoms with Gasteiger partial charge in [0, 0.05) is 31.4 Å². The second-order valence-electron chi connectivity index (χ2n) is 4.71. The van der Waals surface area contributed by atoms with E-state index in [1.807, 2.05) is 14.0 Å². The Morgan fingerprint density at radius 1 is 1.67 bits per heavy atom. The van der Waals surface area contributed by atoms with Gasteiger partial charge in [-0.25, -0.2) is 4.79 Å². The normalized spacial score (nSPS) is 19.3. The van der Waals surface area contributed by atoms with Gasteiger partial charge in [-0.1, -0.05) is 0 Å². The number of aryl methyl sites for hydroxylation is 1. The number of urea groups is 1. The molecule has 2 rings (SSSR count). The van der Waals surface area contributed by atoms with Crippen molar-refractivity contribution in [3.05, 3.63) is 17.5 Å². The molecule has 1 atom stereocenters. The van der Waals surface area contributed by atoms with Crippen LogP contribution in [0, 0.1) is 6.92 Å². The number of carbonyl (C=O) groups is 1. The zero-order valence-corrected chi connectivity index (χ0v) is 10.9. The molecule has 1 fully saturated rings. The highest BCUT2D eigenvalue weighted by Gasteiger charge is 2.27. The van der Waals surface area contributed by atoms with Gasteiger partial charge in [-0.15, -0.1) is 0 Å². The third-order valence-electron chi connectivity index (χ3n) is 3.62. The van der Waals surface area contributed by atoms with Crippen molar-refractivity contribution < 1.29 is 9.90 Å². The number of carbonyl (C=O) groups excluding carboxylic acids is 1. The van der Waals surface area contributed by atoms with Gasteiger partial charge < -0.3 is 15.3 Å². The number of rotatable bonds is 3. The van der Waals surface area contributed by atoms with Gasteiger partial charge in [0.25, 0.3) is 0 Å². The van der Waals surface area contributed by atoms with Crippen LogP contribution < -0.4 is 5.32 Å². The van der Waals surface area contributed by atoms with E-state index in [-0.39, 0.29) is 18.7 Å². The van der Waals surface area contributed by atoms with Crippen molar-refractivity contribution in [2.75, 3.05) is 13.2 Å². The number of amides is 2. The fourth-order valence-electron chi connectivity index (χ4n) is 2.28. The van der Waals surface area contributed by atoms with Crippen LogP contribution in [0.2, 0.25) is 0 Å². The Morgan fingerprint density at radius 3 is 3.06 bits per heavy atom. The molecule has 0 bridgehead atoms. The van der Waals surface area contributed by atoms with E-state index in [1.165, 1.54) is 0 Å². The summed E-state index contributed by atoms with van der Waals surface area (Å²) in [6, 6.07) is -0.130. The second-order valence-corrected chi connectivity index (χ2v) is 4.71. The van der Waals surface area contributed by atoms with Crippen molar-refractivity contribution >= 4 is 6.03 Å². The highest BCUT2D eigenvalue weighted by atomic mass is 16.3. The van der Waals surface area contributed by atoms with Crippen molar-refractivity contribution in [3.63, 3.8) is 0 Å². The van der Waals surface area contributed by atoms with E-state index in [0.717, 1.165) is 30.6 Å². The van der Waals surface area contributed by atoms with E-state index in [0.29, 0.717) is 6.54 Å². The summed E-state index contributed by atoms with van der Waals surface area (Å²) < 4.78 is 1.79. The van der Waals surface area contributed by atoms with E-state index < -0.39 is 0 Å².